The van der Waals surface area contributed by atoms with E-state index >= 15 is 0 Å². The van der Waals surface area contributed by atoms with Gasteiger partial charge in [-0.25, -0.2) is 0 Å². The van der Waals surface area contributed by atoms with Crippen molar-refractivity contribution in [3.8, 4) is 11.5 Å². The molecule has 0 spiro atoms. The van der Waals surface area contributed by atoms with Gasteiger partial charge in [-0.15, -0.1) is 0 Å². The van der Waals surface area contributed by atoms with Gasteiger partial charge in [-0.2, -0.15) is 0 Å². The third-order valence-corrected chi connectivity index (χ3v) is 2.12. The molecule has 1 aromatic carbocycles. The second-order valence-corrected chi connectivity index (χ2v) is 3.08. The highest BCUT2D eigenvalue weighted by molar-refractivity contribution is 5.58. The summed E-state index contributed by atoms with van der Waals surface area (Å²) in [5.41, 5.74) is 0.470. The first-order valence-corrected chi connectivity index (χ1v) is 4.64. The second-order valence-electron chi connectivity index (χ2n) is 3.08. The third kappa shape index (κ3) is 2.40. The van der Waals surface area contributed by atoms with Crippen molar-refractivity contribution in [3.63, 3.8) is 0 Å². The number of aliphatic hydroxyl groups is 1. The minimum atomic E-state index is -0.539. The number of nitrogens with zero attached hydrogens (tertiary/aromatic N) is 1. The molecule has 0 saturated carbocycles. The molecule has 0 aliphatic heterocycles. The Morgan fingerprint density at radius 2 is 2.06 bits per heavy atom. The molecule has 0 fully saturated rings. The van der Waals surface area contributed by atoms with Crippen LogP contribution >= 0.6 is 0 Å². The van der Waals surface area contributed by atoms with Crippen molar-refractivity contribution in [2.75, 3.05) is 20.8 Å². The molecule has 0 heterocycles. The SMILES string of the molecule is COc1cc(CCO)cc([N+](=O)[O-])c1OC. The first-order chi connectivity index (χ1) is 7.63. The van der Waals surface area contributed by atoms with Gasteiger partial charge in [-0.05, 0) is 18.1 Å². The largest absolute Gasteiger partial charge is 0.493 e. The van der Waals surface area contributed by atoms with Gasteiger partial charge >= 0.3 is 5.69 Å². The summed E-state index contributed by atoms with van der Waals surface area (Å²) in [4.78, 5) is 10.3. The highest BCUT2D eigenvalue weighted by Gasteiger charge is 2.21. The van der Waals surface area contributed by atoms with Gasteiger partial charge in [0.25, 0.3) is 0 Å². The van der Waals surface area contributed by atoms with Crippen LogP contribution in [0.5, 0.6) is 11.5 Å². The van der Waals surface area contributed by atoms with E-state index in [2.05, 4.69) is 0 Å². The number of ether oxygens (including phenoxy) is 2. The zero-order valence-electron chi connectivity index (χ0n) is 9.10. The van der Waals surface area contributed by atoms with E-state index in [4.69, 9.17) is 14.6 Å². The molecule has 1 N–H and O–H groups in total. The van der Waals surface area contributed by atoms with Crippen LogP contribution in [0.3, 0.4) is 0 Å². The van der Waals surface area contributed by atoms with E-state index in [1.54, 1.807) is 6.07 Å². The maximum absolute atomic E-state index is 10.8. The van der Waals surface area contributed by atoms with Crippen molar-refractivity contribution in [2.24, 2.45) is 0 Å². The van der Waals surface area contributed by atoms with Gasteiger partial charge < -0.3 is 14.6 Å². The van der Waals surface area contributed by atoms with Crippen LogP contribution in [-0.4, -0.2) is 30.9 Å². The van der Waals surface area contributed by atoms with E-state index in [0.717, 1.165) is 0 Å². The summed E-state index contributed by atoms with van der Waals surface area (Å²) >= 11 is 0. The van der Waals surface area contributed by atoms with Crippen LogP contribution < -0.4 is 9.47 Å². The Morgan fingerprint density at radius 1 is 1.38 bits per heavy atom. The molecule has 0 aromatic heterocycles. The summed E-state index contributed by atoms with van der Waals surface area (Å²) in [5, 5.41) is 19.6. The number of benzene rings is 1. The summed E-state index contributed by atoms with van der Waals surface area (Å²) < 4.78 is 9.94. The fourth-order valence-electron chi connectivity index (χ4n) is 1.41. The normalized spacial score (nSPS) is 9.94. The molecular weight excluding hydrogens is 214 g/mol. The highest BCUT2D eigenvalue weighted by atomic mass is 16.6. The number of nitro benzene ring substituents is 1. The predicted molar refractivity (Wildman–Crippen MR) is 57.0 cm³/mol. The fourth-order valence-corrected chi connectivity index (χ4v) is 1.41. The van der Waals surface area contributed by atoms with Crippen molar-refractivity contribution >= 4 is 5.69 Å². The quantitative estimate of drug-likeness (QED) is 0.602. The van der Waals surface area contributed by atoms with E-state index in [0.29, 0.717) is 17.7 Å². The molecule has 1 aromatic rings. The molecule has 0 bridgehead atoms. The van der Waals surface area contributed by atoms with Crippen LogP contribution in [0.2, 0.25) is 0 Å². The van der Waals surface area contributed by atoms with Crippen molar-refractivity contribution in [2.45, 2.75) is 6.42 Å². The molecule has 0 radical (unpaired) electrons. The van der Waals surface area contributed by atoms with E-state index in [-0.39, 0.29) is 18.0 Å². The number of rotatable bonds is 5. The fraction of sp³-hybridized carbons (Fsp3) is 0.400. The zero-order valence-corrected chi connectivity index (χ0v) is 9.10. The number of aliphatic hydroxyl groups excluding tert-OH is 1. The van der Waals surface area contributed by atoms with Gasteiger partial charge in [0.05, 0.1) is 19.1 Å². The third-order valence-electron chi connectivity index (χ3n) is 2.12. The number of hydrogen-bond acceptors (Lipinski definition) is 5. The summed E-state index contributed by atoms with van der Waals surface area (Å²) in [5.74, 6) is 0.384. The van der Waals surface area contributed by atoms with Gasteiger partial charge in [-0.1, -0.05) is 0 Å². The highest BCUT2D eigenvalue weighted by Crippen LogP contribution is 2.37. The van der Waals surface area contributed by atoms with E-state index in [1.165, 1.54) is 20.3 Å². The Balaban J connectivity index is 3.31. The number of nitro groups is 1. The maximum Gasteiger partial charge on any atom is 0.315 e. The lowest BCUT2D eigenvalue weighted by Gasteiger charge is -2.09. The van der Waals surface area contributed by atoms with E-state index < -0.39 is 4.92 Å². The molecule has 0 atom stereocenters. The topological polar surface area (TPSA) is 81.8 Å². The molecule has 0 unspecified atom stereocenters. The van der Waals surface area contributed by atoms with Crippen molar-refractivity contribution in [1.29, 1.82) is 0 Å². The summed E-state index contributed by atoms with van der Waals surface area (Å²) in [7, 11) is 2.75. The van der Waals surface area contributed by atoms with Crippen LogP contribution in [0.15, 0.2) is 12.1 Å². The molecule has 0 amide bonds. The predicted octanol–water partition coefficient (Wildman–Crippen LogP) is 1.15. The van der Waals surface area contributed by atoms with Gasteiger partial charge in [-0.3, -0.25) is 10.1 Å². The molecule has 6 nitrogen and oxygen atoms in total. The average Bonchev–Trinajstić information content (AvgIpc) is 2.28. The van der Waals surface area contributed by atoms with Crippen molar-refractivity contribution < 1.29 is 19.5 Å². The monoisotopic (exact) mass is 227 g/mol. The first kappa shape index (κ1) is 12.3. The molecule has 6 heteroatoms. The summed E-state index contributed by atoms with van der Waals surface area (Å²) in [6.45, 7) is -0.0767. The van der Waals surface area contributed by atoms with Crippen LogP contribution in [0.1, 0.15) is 5.56 Å². The Bertz CT molecular complexity index is 391. The average molecular weight is 227 g/mol. The van der Waals surface area contributed by atoms with Crippen LogP contribution in [-0.2, 0) is 6.42 Å². The summed E-state index contributed by atoms with van der Waals surface area (Å²) in [6, 6.07) is 2.99. The Hall–Kier alpha value is -1.82. The van der Waals surface area contributed by atoms with Gasteiger partial charge in [0.15, 0.2) is 5.75 Å². The minimum Gasteiger partial charge on any atom is -0.493 e. The van der Waals surface area contributed by atoms with E-state index in [9.17, 15) is 10.1 Å². The maximum atomic E-state index is 10.8. The van der Waals surface area contributed by atoms with Crippen LogP contribution in [0.4, 0.5) is 5.69 Å². The lowest BCUT2D eigenvalue weighted by Crippen LogP contribution is -2.00. The molecule has 0 aliphatic rings. The molecular formula is C10H13NO5. The molecule has 16 heavy (non-hydrogen) atoms. The minimum absolute atomic E-state index is 0.0767. The van der Waals surface area contributed by atoms with Gasteiger partial charge in [0, 0.05) is 12.7 Å². The molecule has 0 aliphatic carbocycles. The summed E-state index contributed by atoms with van der Waals surface area (Å²) in [6.07, 6.45) is 0.335. The first-order valence-electron chi connectivity index (χ1n) is 4.64. The number of methoxy groups -OCH3 is 2. The zero-order chi connectivity index (χ0) is 12.1. The molecule has 1 rings (SSSR count). The Labute approximate surface area is 92.6 Å². The van der Waals surface area contributed by atoms with Crippen molar-refractivity contribution in [1.82, 2.24) is 0 Å². The van der Waals surface area contributed by atoms with Crippen molar-refractivity contribution in [3.05, 3.63) is 27.8 Å². The van der Waals surface area contributed by atoms with Crippen LogP contribution in [0, 0.1) is 10.1 Å². The number of hydrogen-bond donors (Lipinski definition) is 1. The lowest BCUT2D eigenvalue weighted by atomic mass is 10.1. The van der Waals surface area contributed by atoms with Crippen LogP contribution in [0.25, 0.3) is 0 Å². The second kappa shape index (κ2) is 5.32. The smallest absolute Gasteiger partial charge is 0.315 e. The van der Waals surface area contributed by atoms with E-state index in [1.807, 2.05) is 0 Å². The Morgan fingerprint density at radius 3 is 2.50 bits per heavy atom. The standard InChI is InChI=1S/C10H13NO5/c1-15-9-6-7(3-4-12)5-8(11(13)14)10(9)16-2/h5-6,12H,3-4H2,1-2H3. The lowest BCUT2D eigenvalue weighted by molar-refractivity contribution is -0.385. The van der Waals surface area contributed by atoms with Gasteiger partial charge in [0.1, 0.15) is 0 Å². The molecule has 0 saturated heterocycles. The van der Waals surface area contributed by atoms with Gasteiger partial charge in [0.2, 0.25) is 5.75 Å². The molecule has 88 valence electrons. The Kier molecular flexibility index (Phi) is 4.07.